The zero-order valence-electron chi connectivity index (χ0n) is 8.41. The molecule has 0 radical (unpaired) electrons. The van der Waals surface area contributed by atoms with Gasteiger partial charge in [-0.1, -0.05) is 13.8 Å². The first-order valence-electron chi connectivity index (χ1n) is 4.35. The van der Waals surface area contributed by atoms with Gasteiger partial charge in [-0.3, -0.25) is 4.57 Å². The average molecular weight is 247 g/mol. The van der Waals surface area contributed by atoms with Crippen LogP contribution in [0.3, 0.4) is 0 Å². The summed E-state index contributed by atoms with van der Waals surface area (Å²) in [6, 6.07) is 0.160. The predicted octanol–water partition coefficient (Wildman–Crippen LogP) is 2.61. The van der Waals surface area contributed by atoms with Gasteiger partial charge in [-0.05, 0) is 29.8 Å². The molecule has 0 bridgehead atoms. The first-order valence-corrected chi connectivity index (χ1v) is 5.14. The van der Waals surface area contributed by atoms with Gasteiger partial charge in [0, 0.05) is 18.4 Å². The van der Waals surface area contributed by atoms with Gasteiger partial charge in [0.15, 0.2) is 0 Å². The first kappa shape index (κ1) is 12.4. The van der Waals surface area contributed by atoms with Crippen molar-refractivity contribution in [3.8, 4) is 0 Å². The molecule has 0 fully saturated rings. The molecule has 0 aromatic carbocycles. The summed E-state index contributed by atoms with van der Waals surface area (Å²) in [6.07, 6.45) is 3.24. The normalized spacial score (nSPS) is 9.38. The van der Waals surface area contributed by atoms with Crippen molar-refractivity contribution in [2.24, 2.45) is 0 Å². The van der Waals surface area contributed by atoms with Crippen LogP contribution in [-0.2, 0) is 0 Å². The summed E-state index contributed by atoms with van der Waals surface area (Å²) in [7, 11) is 0. The lowest BCUT2D eigenvalue weighted by molar-refractivity contribution is 0.561. The zero-order chi connectivity index (χ0) is 10.4. The maximum Gasteiger partial charge on any atom is 0.347 e. The molecular formula is C9H15BrN2O. The fourth-order valence-corrected chi connectivity index (χ4v) is 1.10. The summed E-state index contributed by atoms with van der Waals surface area (Å²) in [6.45, 7) is 7.88. The van der Waals surface area contributed by atoms with Crippen LogP contribution in [0.25, 0.3) is 0 Å². The maximum absolute atomic E-state index is 11.0. The van der Waals surface area contributed by atoms with Crippen molar-refractivity contribution in [3.63, 3.8) is 0 Å². The molecule has 74 valence electrons. The minimum absolute atomic E-state index is 0.160. The third kappa shape index (κ3) is 3.72. The zero-order valence-corrected chi connectivity index (χ0v) is 10.00. The third-order valence-electron chi connectivity index (χ3n) is 1.34. The monoisotopic (exact) mass is 246 g/mol. The Kier molecular flexibility index (Phi) is 5.62. The van der Waals surface area contributed by atoms with Crippen LogP contribution in [0, 0.1) is 0 Å². The second-order valence-corrected chi connectivity index (χ2v) is 3.47. The van der Waals surface area contributed by atoms with E-state index in [1.54, 1.807) is 10.8 Å². The lowest BCUT2D eigenvalue weighted by Gasteiger charge is -2.07. The quantitative estimate of drug-likeness (QED) is 0.764. The minimum Gasteiger partial charge on any atom is -0.296 e. The molecule has 0 amide bonds. The Labute approximate surface area is 86.9 Å². The van der Waals surface area contributed by atoms with Crippen LogP contribution in [0.4, 0.5) is 0 Å². The minimum atomic E-state index is -0.205. The Bertz CT molecular complexity index is 307. The van der Waals surface area contributed by atoms with Crippen LogP contribution in [0.2, 0.25) is 0 Å². The highest BCUT2D eigenvalue weighted by molar-refractivity contribution is 9.10. The number of halogens is 1. The topological polar surface area (TPSA) is 34.9 Å². The lowest BCUT2D eigenvalue weighted by atomic mass is 10.4. The Balaban J connectivity index is 0.000000671. The second kappa shape index (κ2) is 5.91. The smallest absolute Gasteiger partial charge is 0.296 e. The molecular weight excluding hydrogens is 232 g/mol. The van der Waals surface area contributed by atoms with Crippen LogP contribution >= 0.6 is 15.9 Å². The molecule has 0 atom stereocenters. The number of nitrogens with zero attached hydrogens (tertiary/aromatic N) is 2. The fraction of sp³-hybridized carbons (Fsp3) is 0.556. The molecule has 4 heteroatoms. The maximum atomic E-state index is 11.0. The van der Waals surface area contributed by atoms with Gasteiger partial charge < -0.3 is 0 Å². The van der Waals surface area contributed by atoms with Crippen LogP contribution in [-0.4, -0.2) is 9.55 Å². The van der Waals surface area contributed by atoms with Gasteiger partial charge in [0.25, 0.3) is 0 Å². The molecule has 0 saturated heterocycles. The number of hydrogen-bond donors (Lipinski definition) is 0. The van der Waals surface area contributed by atoms with E-state index in [2.05, 4.69) is 20.9 Å². The van der Waals surface area contributed by atoms with Crippen molar-refractivity contribution >= 4 is 15.9 Å². The number of rotatable bonds is 1. The predicted molar refractivity (Wildman–Crippen MR) is 57.9 cm³/mol. The van der Waals surface area contributed by atoms with Crippen LogP contribution in [0.15, 0.2) is 21.7 Å². The average Bonchev–Trinajstić information content (AvgIpc) is 2.12. The van der Waals surface area contributed by atoms with Crippen LogP contribution in [0.5, 0.6) is 0 Å². The van der Waals surface area contributed by atoms with E-state index >= 15 is 0 Å². The molecule has 1 aromatic rings. The van der Waals surface area contributed by atoms with E-state index in [1.165, 1.54) is 6.20 Å². The van der Waals surface area contributed by atoms with E-state index < -0.39 is 0 Å². The van der Waals surface area contributed by atoms with Gasteiger partial charge >= 0.3 is 5.69 Å². The van der Waals surface area contributed by atoms with E-state index in [9.17, 15) is 4.79 Å². The van der Waals surface area contributed by atoms with E-state index in [4.69, 9.17) is 0 Å². The Morgan fingerprint density at radius 1 is 1.46 bits per heavy atom. The summed E-state index contributed by atoms with van der Waals surface area (Å²) in [5, 5.41) is 0. The van der Waals surface area contributed by atoms with Crippen molar-refractivity contribution in [3.05, 3.63) is 27.4 Å². The molecule has 0 N–H and O–H groups in total. The van der Waals surface area contributed by atoms with Gasteiger partial charge in [-0.15, -0.1) is 0 Å². The molecule has 0 spiro atoms. The first-order chi connectivity index (χ1) is 6.11. The molecule has 0 saturated carbocycles. The summed E-state index contributed by atoms with van der Waals surface area (Å²) in [5.41, 5.74) is -0.205. The fourth-order valence-electron chi connectivity index (χ4n) is 0.775. The molecule has 0 aliphatic carbocycles. The summed E-state index contributed by atoms with van der Waals surface area (Å²) < 4.78 is 2.40. The molecule has 1 heterocycles. The largest absolute Gasteiger partial charge is 0.347 e. The van der Waals surface area contributed by atoms with Gasteiger partial charge in [0.1, 0.15) is 0 Å². The van der Waals surface area contributed by atoms with E-state index in [0.717, 1.165) is 4.47 Å². The van der Waals surface area contributed by atoms with Crippen molar-refractivity contribution < 1.29 is 0 Å². The van der Waals surface area contributed by atoms with E-state index in [-0.39, 0.29) is 11.7 Å². The molecule has 0 unspecified atom stereocenters. The molecule has 1 aromatic heterocycles. The third-order valence-corrected chi connectivity index (χ3v) is 1.75. The Hall–Kier alpha value is -0.640. The van der Waals surface area contributed by atoms with Gasteiger partial charge in [-0.2, -0.15) is 0 Å². The van der Waals surface area contributed by atoms with Crippen molar-refractivity contribution in [1.82, 2.24) is 9.55 Å². The second-order valence-electron chi connectivity index (χ2n) is 2.56. The Morgan fingerprint density at radius 3 is 2.38 bits per heavy atom. The van der Waals surface area contributed by atoms with Crippen molar-refractivity contribution in [2.75, 3.05) is 0 Å². The molecule has 0 aliphatic rings. The van der Waals surface area contributed by atoms with Crippen LogP contribution < -0.4 is 5.69 Å². The van der Waals surface area contributed by atoms with Gasteiger partial charge in [0.05, 0.1) is 4.47 Å². The molecule has 0 aliphatic heterocycles. The van der Waals surface area contributed by atoms with E-state index in [0.29, 0.717) is 0 Å². The van der Waals surface area contributed by atoms with Gasteiger partial charge in [-0.25, -0.2) is 9.78 Å². The highest BCUT2D eigenvalue weighted by atomic mass is 79.9. The summed E-state index contributed by atoms with van der Waals surface area (Å²) >= 11 is 3.24. The standard InChI is InChI=1S/C7H9BrN2O.C2H6/c1-5(2)10-4-6(8)3-9-7(10)11;1-2/h3-5H,1-2H3;1-2H3. The van der Waals surface area contributed by atoms with Crippen molar-refractivity contribution in [2.45, 2.75) is 33.7 Å². The Morgan fingerprint density at radius 2 is 2.00 bits per heavy atom. The lowest BCUT2D eigenvalue weighted by Crippen LogP contribution is -2.23. The molecule has 13 heavy (non-hydrogen) atoms. The highest BCUT2D eigenvalue weighted by Gasteiger charge is 2.00. The van der Waals surface area contributed by atoms with Crippen molar-refractivity contribution in [1.29, 1.82) is 0 Å². The molecule has 3 nitrogen and oxygen atoms in total. The van der Waals surface area contributed by atoms with Gasteiger partial charge in [0.2, 0.25) is 0 Å². The molecule has 1 rings (SSSR count). The SMILES string of the molecule is CC.CC(C)n1cc(Br)cnc1=O. The van der Waals surface area contributed by atoms with E-state index in [1.807, 2.05) is 27.7 Å². The highest BCUT2D eigenvalue weighted by Crippen LogP contribution is 2.06. The number of aromatic nitrogens is 2. The summed E-state index contributed by atoms with van der Waals surface area (Å²) in [5.74, 6) is 0. The van der Waals surface area contributed by atoms with Crippen LogP contribution in [0.1, 0.15) is 33.7 Å². The summed E-state index contributed by atoms with van der Waals surface area (Å²) in [4.78, 5) is 14.7. The number of hydrogen-bond acceptors (Lipinski definition) is 2.